The van der Waals surface area contributed by atoms with Crippen LogP contribution in [0, 0.1) is 0 Å². The number of ether oxygens (including phenoxy) is 2. The van der Waals surface area contributed by atoms with E-state index in [1.54, 1.807) is 6.92 Å². The summed E-state index contributed by atoms with van der Waals surface area (Å²) in [6.45, 7) is 10.5. The topological polar surface area (TPSA) is 94.4 Å². The minimum Gasteiger partial charge on any atom is -0.507 e. The van der Waals surface area contributed by atoms with Crippen molar-refractivity contribution >= 4 is 5.97 Å². The van der Waals surface area contributed by atoms with E-state index in [1.807, 2.05) is 18.2 Å². The van der Waals surface area contributed by atoms with Crippen LogP contribution >= 0.6 is 0 Å². The molecule has 0 aliphatic heterocycles. The van der Waals surface area contributed by atoms with Gasteiger partial charge in [-0.05, 0) is 42.4 Å². The Morgan fingerprint density at radius 2 is 1.69 bits per heavy atom. The van der Waals surface area contributed by atoms with Crippen molar-refractivity contribution in [2.45, 2.75) is 72.1 Å². The zero-order valence-corrected chi connectivity index (χ0v) is 22.0. The first-order valence-corrected chi connectivity index (χ1v) is 12.7. The van der Waals surface area contributed by atoms with Crippen LogP contribution in [-0.4, -0.2) is 39.2 Å². The van der Waals surface area contributed by atoms with Gasteiger partial charge in [0.2, 0.25) is 0 Å². The maximum Gasteiger partial charge on any atom is 0.344 e. The fourth-order valence-electron chi connectivity index (χ4n) is 3.89. The highest BCUT2D eigenvalue weighted by atomic mass is 16.6. The molecule has 1 aromatic heterocycles. The fraction of sp³-hybridized carbons (Fsp3) is 0.448. The number of aromatic nitrogens is 3. The third kappa shape index (κ3) is 7.26. The number of esters is 1. The molecule has 0 radical (unpaired) electrons. The van der Waals surface area contributed by atoms with Crippen LogP contribution in [-0.2, 0) is 21.4 Å². The van der Waals surface area contributed by atoms with Crippen molar-refractivity contribution < 1.29 is 19.4 Å². The van der Waals surface area contributed by atoms with Gasteiger partial charge < -0.3 is 14.6 Å². The summed E-state index contributed by atoms with van der Waals surface area (Å²) in [5.41, 5.74) is 3.54. The van der Waals surface area contributed by atoms with Crippen LogP contribution in [0.15, 0.2) is 42.7 Å². The van der Waals surface area contributed by atoms with Gasteiger partial charge in [-0.25, -0.2) is 19.7 Å². The molecule has 0 bridgehead atoms. The Hall–Kier alpha value is -3.48. The van der Waals surface area contributed by atoms with E-state index in [2.05, 4.69) is 54.8 Å². The standard InChI is InChI=1S/C29H37N3O4/c1-6-8-9-10-11-21-16-23(24(33)17-25(21)36-18-26(34)35-7-2)28-31-19-30-27(32-28)20-12-14-22(15-13-20)29(3,4)5/h12-17,19,33H,6-11,18H2,1-5H3. The maximum absolute atomic E-state index is 11.8. The monoisotopic (exact) mass is 491 g/mol. The van der Waals surface area contributed by atoms with Crippen molar-refractivity contribution in [2.75, 3.05) is 13.2 Å². The highest BCUT2D eigenvalue weighted by molar-refractivity contribution is 5.72. The molecule has 0 spiro atoms. The van der Waals surface area contributed by atoms with Crippen molar-refractivity contribution in [3.05, 3.63) is 53.9 Å². The molecule has 0 amide bonds. The Labute approximate surface area is 213 Å². The molecule has 0 aliphatic carbocycles. The van der Waals surface area contributed by atoms with Crippen molar-refractivity contribution in [3.63, 3.8) is 0 Å². The molecule has 7 heteroatoms. The predicted molar refractivity (Wildman–Crippen MR) is 141 cm³/mol. The highest BCUT2D eigenvalue weighted by Gasteiger charge is 2.17. The molecule has 0 atom stereocenters. The summed E-state index contributed by atoms with van der Waals surface area (Å²) >= 11 is 0. The number of aromatic hydroxyl groups is 1. The summed E-state index contributed by atoms with van der Waals surface area (Å²) in [6.07, 6.45) is 6.55. The van der Waals surface area contributed by atoms with Gasteiger partial charge >= 0.3 is 5.97 Å². The first-order chi connectivity index (χ1) is 17.2. The molecular formula is C29H37N3O4. The van der Waals surface area contributed by atoms with E-state index < -0.39 is 5.97 Å². The van der Waals surface area contributed by atoms with E-state index in [4.69, 9.17) is 9.47 Å². The second kappa shape index (κ2) is 12.5. The molecular weight excluding hydrogens is 454 g/mol. The van der Waals surface area contributed by atoms with E-state index in [9.17, 15) is 9.90 Å². The van der Waals surface area contributed by atoms with Gasteiger partial charge in [-0.1, -0.05) is 71.2 Å². The van der Waals surface area contributed by atoms with Gasteiger partial charge in [0.15, 0.2) is 18.3 Å². The fourth-order valence-corrected chi connectivity index (χ4v) is 3.89. The van der Waals surface area contributed by atoms with E-state index in [1.165, 1.54) is 18.0 Å². The van der Waals surface area contributed by atoms with Gasteiger partial charge in [0.1, 0.15) is 17.8 Å². The number of nitrogens with zero attached hydrogens (tertiary/aromatic N) is 3. The molecule has 1 heterocycles. The quantitative estimate of drug-likeness (QED) is 0.249. The van der Waals surface area contributed by atoms with Crippen LogP contribution in [0.4, 0.5) is 0 Å². The zero-order chi connectivity index (χ0) is 26.1. The Balaban J connectivity index is 1.92. The van der Waals surface area contributed by atoms with Gasteiger partial charge in [0, 0.05) is 11.6 Å². The smallest absolute Gasteiger partial charge is 0.344 e. The Kier molecular flexibility index (Phi) is 9.39. The van der Waals surface area contributed by atoms with Gasteiger partial charge in [-0.3, -0.25) is 0 Å². The lowest BCUT2D eigenvalue weighted by molar-refractivity contribution is -0.145. The molecule has 192 valence electrons. The van der Waals surface area contributed by atoms with Crippen LogP contribution in [0.5, 0.6) is 11.5 Å². The molecule has 3 rings (SSSR count). The first-order valence-electron chi connectivity index (χ1n) is 12.7. The molecule has 1 N–H and O–H groups in total. The predicted octanol–water partition coefficient (Wildman–Crippen LogP) is 6.27. The summed E-state index contributed by atoms with van der Waals surface area (Å²) in [4.78, 5) is 25.1. The average Bonchev–Trinajstić information content (AvgIpc) is 2.86. The number of carbonyl (C=O) groups excluding carboxylic acids is 1. The summed E-state index contributed by atoms with van der Waals surface area (Å²) < 4.78 is 10.7. The van der Waals surface area contributed by atoms with Crippen molar-refractivity contribution in [2.24, 2.45) is 0 Å². The average molecular weight is 492 g/mol. The summed E-state index contributed by atoms with van der Waals surface area (Å²) in [5, 5.41) is 10.8. The van der Waals surface area contributed by atoms with E-state index in [-0.39, 0.29) is 24.4 Å². The number of carbonyl (C=O) groups is 1. The summed E-state index contributed by atoms with van der Waals surface area (Å²) in [5.74, 6) is 0.910. The van der Waals surface area contributed by atoms with Gasteiger partial charge in [-0.15, -0.1) is 0 Å². The van der Waals surface area contributed by atoms with Gasteiger partial charge in [-0.2, -0.15) is 0 Å². The second-order valence-electron chi connectivity index (χ2n) is 9.84. The third-order valence-corrected chi connectivity index (χ3v) is 5.95. The third-order valence-electron chi connectivity index (χ3n) is 5.95. The number of phenols is 1. The van der Waals surface area contributed by atoms with Crippen LogP contribution in [0.1, 0.15) is 71.4 Å². The molecule has 0 aliphatic rings. The summed E-state index contributed by atoms with van der Waals surface area (Å²) in [7, 11) is 0. The van der Waals surface area contributed by atoms with Crippen molar-refractivity contribution in [3.8, 4) is 34.3 Å². The molecule has 0 saturated heterocycles. The molecule has 2 aromatic carbocycles. The minimum absolute atomic E-state index is 0.0219. The number of unbranched alkanes of at least 4 members (excludes halogenated alkanes) is 3. The number of benzene rings is 2. The lowest BCUT2D eigenvalue weighted by atomic mass is 9.87. The number of phenolic OH excluding ortho intramolecular Hbond substituents is 1. The number of hydrogen-bond acceptors (Lipinski definition) is 7. The largest absolute Gasteiger partial charge is 0.507 e. The molecule has 0 unspecified atom stereocenters. The minimum atomic E-state index is -0.447. The van der Waals surface area contributed by atoms with E-state index in [0.717, 1.165) is 43.2 Å². The van der Waals surface area contributed by atoms with Crippen LogP contribution in [0.2, 0.25) is 0 Å². The zero-order valence-electron chi connectivity index (χ0n) is 22.0. The highest BCUT2D eigenvalue weighted by Crippen LogP contribution is 2.35. The van der Waals surface area contributed by atoms with Crippen LogP contribution in [0.3, 0.4) is 0 Å². The lowest BCUT2D eigenvalue weighted by Gasteiger charge is -2.19. The first kappa shape index (κ1) is 27.1. The van der Waals surface area contributed by atoms with Gasteiger partial charge in [0.25, 0.3) is 0 Å². The molecule has 0 fully saturated rings. The normalized spacial score (nSPS) is 11.4. The van der Waals surface area contributed by atoms with E-state index >= 15 is 0 Å². The second-order valence-corrected chi connectivity index (χ2v) is 9.84. The molecule has 0 saturated carbocycles. The molecule has 7 nitrogen and oxygen atoms in total. The molecule has 3 aromatic rings. The molecule has 36 heavy (non-hydrogen) atoms. The lowest BCUT2D eigenvalue weighted by Crippen LogP contribution is -2.15. The van der Waals surface area contributed by atoms with E-state index in [0.29, 0.717) is 23.0 Å². The SMILES string of the molecule is CCCCCCc1cc(-c2ncnc(-c3ccc(C(C)(C)C)cc3)n2)c(O)cc1OCC(=O)OCC. The van der Waals surface area contributed by atoms with Crippen LogP contribution < -0.4 is 4.74 Å². The number of hydrogen-bond donors (Lipinski definition) is 1. The maximum atomic E-state index is 11.8. The number of aryl methyl sites for hydroxylation is 1. The Morgan fingerprint density at radius 1 is 0.972 bits per heavy atom. The van der Waals surface area contributed by atoms with Gasteiger partial charge in [0.05, 0.1) is 12.2 Å². The van der Waals surface area contributed by atoms with Crippen LogP contribution in [0.25, 0.3) is 22.8 Å². The summed E-state index contributed by atoms with van der Waals surface area (Å²) in [6, 6.07) is 11.6. The number of rotatable bonds is 11. The van der Waals surface area contributed by atoms with Crippen molar-refractivity contribution in [1.82, 2.24) is 15.0 Å². The van der Waals surface area contributed by atoms with Crippen molar-refractivity contribution in [1.29, 1.82) is 0 Å². The Morgan fingerprint density at radius 3 is 2.36 bits per heavy atom. The Bertz CT molecular complexity index is 1150.